The molecule has 1 N–H and O–H groups in total. The third kappa shape index (κ3) is 3.25. The fourth-order valence-electron chi connectivity index (χ4n) is 1.60. The Morgan fingerprint density at radius 2 is 2.25 bits per heavy atom. The van der Waals surface area contributed by atoms with Crippen molar-refractivity contribution in [3.8, 4) is 0 Å². The summed E-state index contributed by atoms with van der Waals surface area (Å²) in [6.07, 6.45) is 2.37. The SMILES string of the molecule is CCc1ccc(CN=C2NC(C)CCS2)s1. The number of thioether (sulfide) groups is 1. The molecule has 2 heterocycles. The van der Waals surface area contributed by atoms with Crippen LogP contribution in [0.15, 0.2) is 17.1 Å². The van der Waals surface area contributed by atoms with Gasteiger partial charge in [0.2, 0.25) is 0 Å². The Morgan fingerprint density at radius 3 is 2.94 bits per heavy atom. The Bertz CT molecular complexity index is 371. The minimum absolute atomic E-state index is 0.578. The molecule has 0 saturated carbocycles. The second kappa shape index (κ2) is 5.73. The molecule has 1 saturated heterocycles. The summed E-state index contributed by atoms with van der Waals surface area (Å²) in [7, 11) is 0. The molecule has 0 aliphatic carbocycles. The van der Waals surface area contributed by atoms with Crippen LogP contribution in [0.25, 0.3) is 0 Å². The fraction of sp³-hybridized carbons (Fsp3) is 0.583. The highest BCUT2D eigenvalue weighted by Gasteiger charge is 2.12. The van der Waals surface area contributed by atoms with Gasteiger partial charge in [-0.05, 0) is 31.9 Å². The number of hydrogen-bond donors (Lipinski definition) is 1. The van der Waals surface area contributed by atoms with Crippen LogP contribution in [-0.4, -0.2) is 17.0 Å². The van der Waals surface area contributed by atoms with Gasteiger partial charge in [-0.2, -0.15) is 0 Å². The van der Waals surface area contributed by atoms with Gasteiger partial charge in [0.15, 0.2) is 5.17 Å². The van der Waals surface area contributed by atoms with Crippen LogP contribution < -0.4 is 5.32 Å². The summed E-state index contributed by atoms with van der Waals surface area (Å²) < 4.78 is 0. The second-order valence-corrected chi connectivity index (χ2v) is 6.36. The molecule has 4 heteroatoms. The van der Waals surface area contributed by atoms with Crippen molar-refractivity contribution < 1.29 is 0 Å². The molecule has 2 nitrogen and oxygen atoms in total. The molecule has 0 aromatic carbocycles. The molecule has 0 amide bonds. The Hall–Kier alpha value is -0.480. The van der Waals surface area contributed by atoms with Crippen molar-refractivity contribution in [2.24, 2.45) is 4.99 Å². The van der Waals surface area contributed by atoms with Crippen molar-refractivity contribution in [1.29, 1.82) is 0 Å². The zero-order valence-electron chi connectivity index (χ0n) is 9.82. The third-order valence-corrected chi connectivity index (χ3v) is 4.78. The Balaban J connectivity index is 1.92. The topological polar surface area (TPSA) is 24.4 Å². The molecule has 1 aromatic heterocycles. The summed E-state index contributed by atoms with van der Waals surface area (Å²) >= 11 is 3.72. The zero-order valence-corrected chi connectivity index (χ0v) is 11.5. The molecule has 0 radical (unpaired) electrons. The first-order chi connectivity index (χ1) is 7.78. The number of thiophene rings is 1. The number of nitrogens with zero attached hydrogens (tertiary/aromatic N) is 1. The van der Waals surface area contributed by atoms with Crippen LogP contribution in [0.2, 0.25) is 0 Å². The van der Waals surface area contributed by atoms with Crippen molar-refractivity contribution in [3.05, 3.63) is 21.9 Å². The van der Waals surface area contributed by atoms with Gasteiger partial charge < -0.3 is 5.32 Å². The predicted molar refractivity (Wildman–Crippen MR) is 74.5 cm³/mol. The summed E-state index contributed by atoms with van der Waals surface area (Å²) in [5.74, 6) is 1.19. The van der Waals surface area contributed by atoms with Gasteiger partial charge in [-0.25, -0.2) is 0 Å². The van der Waals surface area contributed by atoms with Crippen LogP contribution in [0, 0.1) is 0 Å². The monoisotopic (exact) mass is 254 g/mol. The summed E-state index contributed by atoms with van der Waals surface area (Å²) in [4.78, 5) is 7.45. The first-order valence-corrected chi connectivity index (χ1v) is 7.59. The van der Waals surface area contributed by atoms with Gasteiger partial charge in [-0.15, -0.1) is 11.3 Å². The van der Waals surface area contributed by atoms with E-state index in [1.54, 1.807) is 0 Å². The Labute approximate surface area is 106 Å². The van der Waals surface area contributed by atoms with E-state index in [1.807, 2.05) is 23.1 Å². The zero-order chi connectivity index (χ0) is 11.4. The second-order valence-electron chi connectivity index (χ2n) is 4.03. The molecule has 0 bridgehead atoms. The van der Waals surface area contributed by atoms with E-state index in [0.29, 0.717) is 6.04 Å². The van der Waals surface area contributed by atoms with Gasteiger partial charge in [0, 0.05) is 21.5 Å². The molecular weight excluding hydrogens is 236 g/mol. The normalized spacial score (nSPS) is 23.4. The van der Waals surface area contributed by atoms with Gasteiger partial charge in [0.1, 0.15) is 0 Å². The lowest BCUT2D eigenvalue weighted by Gasteiger charge is -2.21. The predicted octanol–water partition coefficient (Wildman–Crippen LogP) is 3.28. The molecule has 1 atom stereocenters. The molecule has 0 spiro atoms. The number of aliphatic imine (C=N–C) groups is 1. The van der Waals surface area contributed by atoms with Gasteiger partial charge in [0.25, 0.3) is 0 Å². The van der Waals surface area contributed by atoms with E-state index in [4.69, 9.17) is 0 Å². The molecule has 16 heavy (non-hydrogen) atoms. The number of hydrogen-bond acceptors (Lipinski definition) is 3. The van der Waals surface area contributed by atoms with Crippen molar-refractivity contribution in [3.63, 3.8) is 0 Å². The summed E-state index contributed by atoms with van der Waals surface area (Å²) in [5, 5.41) is 4.54. The van der Waals surface area contributed by atoms with E-state index in [-0.39, 0.29) is 0 Å². The minimum atomic E-state index is 0.578. The van der Waals surface area contributed by atoms with E-state index in [9.17, 15) is 0 Å². The van der Waals surface area contributed by atoms with Gasteiger partial charge in [0.05, 0.1) is 6.54 Å². The number of rotatable bonds is 3. The first kappa shape index (κ1) is 12.0. The molecule has 2 rings (SSSR count). The molecule has 1 aliphatic heterocycles. The molecule has 1 aromatic rings. The van der Waals surface area contributed by atoms with Crippen LogP contribution in [-0.2, 0) is 13.0 Å². The van der Waals surface area contributed by atoms with E-state index in [1.165, 1.54) is 21.9 Å². The van der Waals surface area contributed by atoms with Crippen LogP contribution in [0.1, 0.15) is 30.0 Å². The van der Waals surface area contributed by atoms with Crippen LogP contribution in [0.3, 0.4) is 0 Å². The average molecular weight is 254 g/mol. The highest BCUT2D eigenvalue weighted by molar-refractivity contribution is 8.13. The quantitative estimate of drug-likeness (QED) is 0.895. The standard InChI is InChI=1S/C12H18N2S2/c1-3-10-4-5-11(16-10)8-13-12-14-9(2)6-7-15-12/h4-5,9H,3,6-8H2,1-2H3,(H,13,14). The lowest BCUT2D eigenvalue weighted by atomic mass is 10.3. The van der Waals surface area contributed by atoms with Gasteiger partial charge in [-0.3, -0.25) is 4.99 Å². The third-order valence-electron chi connectivity index (χ3n) is 2.60. The minimum Gasteiger partial charge on any atom is -0.362 e. The molecular formula is C12H18N2S2. The van der Waals surface area contributed by atoms with Crippen molar-refractivity contribution >= 4 is 28.3 Å². The highest BCUT2D eigenvalue weighted by Crippen LogP contribution is 2.19. The number of amidine groups is 1. The molecule has 1 fully saturated rings. The first-order valence-electron chi connectivity index (χ1n) is 5.79. The number of nitrogens with one attached hydrogen (secondary N) is 1. The van der Waals surface area contributed by atoms with Crippen LogP contribution in [0.4, 0.5) is 0 Å². The Morgan fingerprint density at radius 1 is 1.44 bits per heavy atom. The van der Waals surface area contributed by atoms with E-state index < -0.39 is 0 Å². The maximum Gasteiger partial charge on any atom is 0.157 e. The summed E-state index contributed by atoms with van der Waals surface area (Å²) in [6, 6.07) is 4.99. The maximum atomic E-state index is 4.63. The Kier molecular flexibility index (Phi) is 4.29. The van der Waals surface area contributed by atoms with Gasteiger partial charge >= 0.3 is 0 Å². The highest BCUT2D eigenvalue weighted by atomic mass is 32.2. The smallest absolute Gasteiger partial charge is 0.157 e. The lowest BCUT2D eigenvalue weighted by Crippen LogP contribution is -2.35. The maximum absolute atomic E-state index is 4.63. The van der Waals surface area contributed by atoms with Crippen molar-refractivity contribution in [2.75, 3.05) is 5.75 Å². The van der Waals surface area contributed by atoms with Gasteiger partial charge in [-0.1, -0.05) is 18.7 Å². The van der Waals surface area contributed by atoms with E-state index in [0.717, 1.165) is 18.1 Å². The molecule has 88 valence electrons. The van der Waals surface area contributed by atoms with E-state index >= 15 is 0 Å². The average Bonchev–Trinajstić information content (AvgIpc) is 2.74. The van der Waals surface area contributed by atoms with Crippen molar-refractivity contribution in [2.45, 2.75) is 39.3 Å². The molecule has 1 aliphatic rings. The van der Waals surface area contributed by atoms with Crippen molar-refractivity contribution in [1.82, 2.24) is 5.32 Å². The molecule has 1 unspecified atom stereocenters. The fourth-order valence-corrected chi connectivity index (χ4v) is 3.58. The largest absolute Gasteiger partial charge is 0.362 e. The summed E-state index contributed by atoms with van der Waals surface area (Å²) in [5.41, 5.74) is 0. The van der Waals surface area contributed by atoms with Crippen LogP contribution >= 0.6 is 23.1 Å². The summed E-state index contributed by atoms with van der Waals surface area (Å²) in [6.45, 7) is 5.24. The van der Waals surface area contributed by atoms with E-state index in [2.05, 4.69) is 36.3 Å². The number of aryl methyl sites for hydroxylation is 1. The lowest BCUT2D eigenvalue weighted by molar-refractivity contribution is 0.642. The van der Waals surface area contributed by atoms with Crippen LogP contribution in [0.5, 0.6) is 0 Å².